The number of anilines is 1. The number of benzene rings is 2. The molecular weight excluding hydrogens is 546 g/mol. The van der Waals surface area contributed by atoms with Gasteiger partial charge < -0.3 is 40.5 Å². The molecule has 5 rings (SSSR count). The number of hydrogen-bond acceptors (Lipinski definition) is 11. The minimum Gasteiger partial charge on any atom is -0.510 e. The van der Waals surface area contributed by atoms with Gasteiger partial charge in [-0.3, -0.25) is 19.3 Å². The summed E-state index contributed by atoms with van der Waals surface area (Å²) in [6.45, 7) is 0.0674. The van der Waals surface area contributed by atoms with Crippen LogP contribution in [0.3, 0.4) is 0 Å². The van der Waals surface area contributed by atoms with Crippen LogP contribution in [-0.4, -0.2) is 89.9 Å². The van der Waals surface area contributed by atoms with Crippen molar-refractivity contribution in [3.05, 3.63) is 52.3 Å². The Kier molecular flexibility index (Phi) is 7.37. The highest BCUT2D eigenvalue weighted by atomic mass is 16.7. The summed E-state index contributed by atoms with van der Waals surface area (Å²) < 4.78 is 10.9. The molecule has 222 valence electrons. The first-order valence-electron chi connectivity index (χ1n) is 13.3. The van der Waals surface area contributed by atoms with E-state index in [-0.39, 0.29) is 36.5 Å². The van der Waals surface area contributed by atoms with Crippen molar-refractivity contribution in [3.8, 4) is 28.4 Å². The zero-order chi connectivity index (χ0) is 30.6. The van der Waals surface area contributed by atoms with Gasteiger partial charge in [0.1, 0.15) is 22.8 Å². The highest BCUT2D eigenvalue weighted by molar-refractivity contribution is 6.25. The molecule has 0 fully saturated rings. The van der Waals surface area contributed by atoms with Crippen molar-refractivity contribution in [3.63, 3.8) is 0 Å². The number of phenols is 1. The van der Waals surface area contributed by atoms with Gasteiger partial charge in [-0.05, 0) is 62.2 Å². The SMILES string of the molecule is CN(C)c1cc(-c2ccc3c(c2)OCO3)c(O)c2c1C[C@H]1C[C@H](O)[C@H](N(C)C)/C(O)=C(/C(N)=O)C(=O)CC(=O)C1=C2O. The smallest absolute Gasteiger partial charge is 0.255 e. The molecule has 0 aromatic heterocycles. The van der Waals surface area contributed by atoms with Gasteiger partial charge in [0.05, 0.1) is 24.1 Å². The fourth-order valence-electron chi connectivity index (χ4n) is 6.16. The molecule has 2 aromatic carbocycles. The third-order valence-electron chi connectivity index (χ3n) is 8.03. The molecule has 1 amide bonds. The zero-order valence-corrected chi connectivity index (χ0v) is 23.7. The Bertz CT molecular complexity index is 1570. The lowest BCUT2D eigenvalue weighted by atomic mass is 9.73. The third kappa shape index (κ3) is 4.72. The maximum Gasteiger partial charge on any atom is 0.255 e. The van der Waals surface area contributed by atoms with E-state index in [1.807, 2.05) is 4.90 Å². The Labute approximate surface area is 241 Å². The van der Waals surface area contributed by atoms with Gasteiger partial charge in [-0.2, -0.15) is 0 Å². The summed E-state index contributed by atoms with van der Waals surface area (Å²) in [4.78, 5) is 42.1. The Balaban J connectivity index is 1.71. The summed E-state index contributed by atoms with van der Waals surface area (Å²) in [5.74, 6) is -4.35. The number of hydrogen-bond donors (Lipinski definition) is 5. The Hall–Kier alpha value is -4.55. The van der Waals surface area contributed by atoms with Crippen molar-refractivity contribution < 1.29 is 44.3 Å². The van der Waals surface area contributed by atoms with Crippen LogP contribution in [0.4, 0.5) is 5.69 Å². The third-order valence-corrected chi connectivity index (χ3v) is 8.03. The second-order valence-electron chi connectivity index (χ2n) is 11.1. The molecule has 0 saturated heterocycles. The summed E-state index contributed by atoms with van der Waals surface area (Å²) in [6, 6.07) is 5.72. The van der Waals surface area contributed by atoms with E-state index in [9.17, 15) is 34.8 Å². The number of carbonyl (C=O) groups is 3. The number of amides is 1. The van der Waals surface area contributed by atoms with Crippen molar-refractivity contribution in [1.82, 2.24) is 4.90 Å². The average molecular weight is 580 g/mol. The molecule has 2 aliphatic carbocycles. The number of nitrogens with two attached hydrogens (primary N) is 1. The number of rotatable bonds is 4. The average Bonchev–Trinajstić information content (AvgIpc) is 3.35. The molecular formula is C30H33N3O9. The summed E-state index contributed by atoms with van der Waals surface area (Å²) in [7, 11) is 6.70. The number of nitrogens with zero attached hydrogens (tertiary/aromatic N) is 2. The summed E-state index contributed by atoms with van der Waals surface area (Å²) in [5, 5.41) is 45.4. The second-order valence-corrected chi connectivity index (χ2v) is 11.1. The van der Waals surface area contributed by atoms with Crippen LogP contribution in [0.15, 0.2) is 41.2 Å². The highest BCUT2D eigenvalue weighted by Crippen LogP contribution is 2.50. The molecule has 0 saturated carbocycles. The molecule has 42 heavy (non-hydrogen) atoms. The minimum atomic E-state index is -1.37. The van der Waals surface area contributed by atoms with E-state index >= 15 is 0 Å². The minimum absolute atomic E-state index is 0.0325. The van der Waals surface area contributed by atoms with E-state index in [1.165, 1.54) is 4.90 Å². The van der Waals surface area contributed by atoms with Crippen LogP contribution >= 0.6 is 0 Å². The van der Waals surface area contributed by atoms with Crippen LogP contribution in [0.2, 0.25) is 0 Å². The Morgan fingerprint density at radius 3 is 2.33 bits per heavy atom. The number of likely N-dealkylation sites (N-methyl/N-ethyl adjacent to an activating group) is 1. The number of phenolic OH excluding ortho intramolecular Hbond substituents is 1. The van der Waals surface area contributed by atoms with Crippen molar-refractivity contribution in [2.75, 3.05) is 39.9 Å². The van der Waals surface area contributed by atoms with Crippen LogP contribution in [0.1, 0.15) is 24.0 Å². The number of fused-ring (bicyclic) bond motifs is 3. The van der Waals surface area contributed by atoms with Gasteiger partial charge >= 0.3 is 0 Å². The number of carbonyl (C=O) groups excluding carboxylic acids is 3. The van der Waals surface area contributed by atoms with E-state index in [0.717, 1.165) is 0 Å². The van der Waals surface area contributed by atoms with Gasteiger partial charge in [-0.15, -0.1) is 0 Å². The van der Waals surface area contributed by atoms with Gasteiger partial charge in [0, 0.05) is 30.9 Å². The van der Waals surface area contributed by atoms with Crippen molar-refractivity contribution in [1.29, 1.82) is 0 Å². The molecule has 12 heteroatoms. The van der Waals surface area contributed by atoms with Crippen LogP contribution in [0.25, 0.3) is 16.9 Å². The monoisotopic (exact) mass is 579 g/mol. The molecule has 3 aliphatic rings. The fraction of sp³-hybridized carbons (Fsp3) is 0.367. The normalized spacial score (nSPS) is 24.0. The number of ether oxygens (including phenoxy) is 2. The first-order chi connectivity index (χ1) is 19.8. The largest absolute Gasteiger partial charge is 0.510 e. The highest BCUT2D eigenvalue weighted by Gasteiger charge is 2.42. The van der Waals surface area contributed by atoms with Gasteiger partial charge in [0.2, 0.25) is 6.79 Å². The number of Topliss-reactive ketones (excluding diaryl/α,β-unsaturated/α-hetero) is 2. The van der Waals surface area contributed by atoms with Crippen LogP contribution in [0.5, 0.6) is 17.2 Å². The fourth-order valence-corrected chi connectivity index (χ4v) is 6.16. The maximum absolute atomic E-state index is 13.6. The van der Waals surface area contributed by atoms with E-state index in [0.29, 0.717) is 33.9 Å². The summed E-state index contributed by atoms with van der Waals surface area (Å²) in [5.41, 5.74) is 6.63. The molecule has 1 heterocycles. The molecule has 0 unspecified atom stereocenters. The van der Waals surface area contributed by atoms with Gasteiger partial charge in [-0.1, -0.05) is 6.07 Å². The number of primary amides is 1. The van der Waals surface area contributed by atoms with Crippen molar-refractivity contribution >= 4 is 28.9 Å². The quantitative estimate of drug-likeness (QED) is 0.263. The lowest BCUT2D eigenvalue weighted by Gasteiger charge is -2.36. The molecule has 0 bridgehead atoms. The standard InChI is InChI=1S/C30H33N3O9/c1-32(2)17-10-15(13-5-6-21-22(9-13)42-12-41-21)27(37)24-16(17)7-14-8-20(36)26(33(3)4)29(39)25(30(31)40)19(35)11-18(34)23(14)28(24)38/h5-6,9-10,14,20,26,36-39H,7-8,11-12H2,1-4H3,(H2,31,40)/b29-25-/t14-,20-,26-/m0/s1. The van der Waals surface area contributed by atoms with Crippen LogP contribution in [-0.2, 0) is 20.8 Å². The van der Waals surface area contributed by atoms with Crippen LogP contribution in [0, 0.1) is 5.92 Å². The van der Waals surface area contributed by atoms with Gasteiger partial charge in [-0.25, -0.2) is 0 Å². The Morgan fingerprint density at radius 1 is 1.00 bits per heavy atom. The number of aliphatic hydroxyl groups is 3. The molecule has 12 nitrogen and oxygen atoms in total. The summed E-state index contributed by atoms with van der Waals surface area (Å²) in [6.07, 6.45) is -2.21. The van der Waals surface area contributed by atoms with Gasteiger partial charge in [0.25, 0.3) is 5.91 Å². The predicted molar refractivity (Wildman–Crippen MR) is 152 cm³/mol. The van der Waals surface area contributed by atoms with E-state index in [1.54, 1.807) is 52.5 Å². The number of aliphatic hydroxyl groups excluding tert-OH is 3. The molecule has 2 aromatic rings. The number of allylic oxidation sites excluding steroid dienone is 1. The van der Waals surface area contributed by atoms with Crippen molar-refractivity contribution in [2.24, 2.45) is 11.7 Å². The maximum atomic E-state index is 13.6. The number of ketones is 2. The molecule has 1 aliphatic heterocycles. The molecule has 3 atom stereocenters. The lowest BCUT2D eigenvalue weighted by molar-refractivity contribution is -0.125. The van der Waals surface area contributed by atoms with E-state index in [4.69, 9.17) is 15.2 Å². The lowest BCUT2D eigenvalue weighted by Crippen LogP contribution is -2.45. The first-order valence-corrected chi connectivity index (χ1v) is 13.3. The van der Waals surface area contributed by atoms with E-state index < -0.39 is 59.0 Å². The number of aromatic hydroxyl groups is 1. The molecule has 0 spiro atoms. The topological polar surface area (TPSA) is 183 Å². The second kappa shape index (κ2) is 10.7. The first kappa shape index (κ1) is 29.0. The molecule has 0 radical (unpaired) electrons. The molecule has 6 N–H and O–H groups in total. The van der Waals surface area contributed by atoms with Crippen molar-refractivity contribution in [2.45, 2.75) is 31.4 Å². The van der Waals surface area contributed by atoms with Crippen LogP contribution < -0.4 is 20.1 Å². The summed E-state index contributed by atoms with van der Waals surface area (Å²) >= 11 is 0. The predicted octanol–water partition coefficient (Wildman–Crippen LogP) is 1.82. The van der Waals surface area contributed by atoms with Gasteiger partial charge in [0.15, 0.2) is 23.1 Å². The zero-order valence-electron chi connectivity index (χ0n) is 23.7. The Morgan fingerprint density at radius 2 is 1.69 bits per heavy atom. The van der Waals surface area contributed by atoms with E-state index in [2.05, 4.69) is 0 Å².